The topological polar surface area (TPSA) is 52.0 Å². The summed E-state index contributed by atoms with van der Waals surface area (Å²) in [6, 6.07) is 0.234. The second-order valence-corrected chi connectivity index (χ2v) is 2.41. The quantitative estimate of drug-likeness (QED) is 0.586. The van der Waals surface area contributed by atoms with E-state index in [4.69, 9.17) is 11.5 Å². The highest BCUT2D eigenvalue weighted by molar-refractivity contribution is 4.75. The molecule has 0 fully saturated rings. The molecule has 0 heterocycles. The normalized spacial score (nSPS) is 17.3. The molecule has 0 aliphatic heterocycles. The zero-order valence-electron chi connectivity index (χ0n) is 6.14. The molecule has 0 aromatic rings. The number of hydrogen-bond acceptors (Lipinski definition) is 2. The van der Waals surface area contributed by atoms with Gasteiger partial charge in [-0.05, 0) is 12.8 Å². The fourth-order valence-electron chi connectivity index (χ4n) is 0.761. The smallest absolute Gasteiger partial charge is 0.0192 e. The lowest BCUT2D eigenvalue weighted by Gasteiger charge is -2.16. The summed E-state index contributed by atoms with van der Waals surface area (Å²) in [5.41, 5.74) is 11.3. The summed E-state index contributed by atoms with van der Waals surface area (Å²) in [6.07, 6.45) is 2.85. The Morgan fingerprint density at radius 3 is 2.22 bits per heavy atom. The van der Waals surface area contributed by atoms with E-state index in [1.807, 2.05) is 0 Å². The van der Waals surface area contributed by atoms with Gasteiger partial charge in [-0.25, -0.2) is 0 Å². The standard InChI is InChI=1S/C7H17N2/c1-3-5-7(9)6(8)4-2/h6-7H,2-5,8-9H2,1H3. The molecule has 0 rings (SSSR count). The fraction of sp³-hybridized carbons (Fsp3) is 0.857. The summed E-state index contributed by atoms with van der Waals surface area (Å²) in [6.45, 7) is 5.79. The van der Waals surface area contributed by atoms with Gasteiger partial charge < -0.3 is 11.5 Å². The lowest BCUT2D eigenvalue weighted by Crippen LogP contribution is -2.40. The van der Waals surface area contributed by atoms with Crippen molar-refractivity contribution in [2.75, 3.05) is 0 Å². The second kappa shape index (κ2) is 4.77. The Bertz CT molecular complexity index is 63.9. The molecular weight excluding hydrogens is 112 g/mol. The van der Waals surface area contributed by atoms with Crippen molar-refractivity contribution in [1.82, 2.24) is 0 Å². The average molecular weight is 129 g/mol. The molecule has 0 bridgehead atoms. The van der Waals surface area contributed by atoms with Gasteiger partial charge in [0, 0.05) is 12.1 Å². The largest absolute Gasteiger partial charge is 0.326 e. The predicted octanol–water partition coefficient (Wildman–Crippen LogP) is 0.665. The first-order valence-corrected chi connectivity index (χ1v) is 3.52. The van der Waals surface area contributed by atoms with Crippen molar-refractivity contribution < 1.29 is 0 Å². The van der Waals surface area contributed by atoms with E-state index in [0.29, 0.717) is 0 Å². The Morgan fingerprint density at radius 2 is 1.89 bits per heavy atom. The van der Waals surface area contributed by atoms with E-state index < -0.39 is 0 Å². The maximum atomic E-state index is 5.67. The van der Waals surface area contributed by atoms with Crippen molar-refractivity contribution in [2.24, 2.45) is 11.5 Å². The molecule has 2 nitrogen and oxygen atoms in total. The monoisotopic (exact) mass is 129 g/mol. The van der Waals surface area contributed by atoms with Gasteiger partial charge in [0.2, 0.25) is 0 Å². The van der Waals surface area contributed by atoms with Crippen LogP contribution in [0.25, 0.3) is 0 Å². The van der Waals surface area contributed by atoms with Crippen LogP contribution in [0.2, 0.25) is 0 Å². The molecule has 0 aliphatic carbocycles. The molecule has 0 aromatic heterocycles. The minimum Gasteiger partial charge on any atom is -0.326 e. The van der Waals surface area contributed by atoms with E-state index in [2.05, 4.69) is 13.8 Å². The molecule has 55 valence electrons. The molecule has 2 atom stereocenters. The maximum absolute atomic E-state index is 5.67. The third kappa shape index (κ3) is 3.49. The van der Waals surface area contributed by atoms with Crippen LogP contribution in [0.4, 0.5) is 0 Å². The van der Waals surface area contributed by atoms with Gasteiger partial charge in [0.1, 0.15) is 0 Å². The molecule has 0 aromatic carbocycles. The van der Waals surface area contributed by atoms with Crippen molar-refractivity contribution >= 4 is 0 Å². The molecule has 4 N–H and O–H groups in total. The van der Waals surface area contributed by atoms with Gasteiger partial charge in [0.05, 0.1) is 0 Å². The van der Waals surface area contributed by atoms with E-state index in [1.54, 1.807) is 0 Å². The molecule has 2 unspecified atom stereocenters. The van der Waals surface area contributed by atoms with Gasteiger partial charge in [0.15, 0.2) is 0 Å². The van der Waals surface area contributed by atoms with Crippen molar-refractivity contribution in [3.05, 3.63) is 6.92 Å². The van der Waals surface area contributed by atoms with Crippen LogP contribution in [0, 0.1) is 6.92 Å². The summed E-state index contributed by atoms with van der Waals surface area (Å²) < 4.78 is 0. The Labute approximate surface area is 57.6 Å². The SMILES string of the molecule is [CH2]CC(N)C(N)CCC. The Kier molecular flexibility index (Phi) is 4.72. The molecule has 0 amide bonds. The molecule has 0 spiro atoms. The highest BCUT2D eigenvalue weighted by atomic mass is 14.8. The van der Waals surface area contributed by atoms with E-state index in [9.17, 15) is 0 Å². The first kappa shape index (κ1) is 8.92. The van der Waals surface area contributed by atoms with E-state index >= 15 is 0 Å². The van der Waals surface area contributed by atoms with Crippen LogP contribution in [0.1, 0.15) is 26.2 Å². The highest BCUT2D eigenvalue weighted by Crippen LogP contribution is 1.99. The minimum absolute atomic E-state index is 0.0879. The molecule has 0 saturated carbocycles. The first-order valence-electron chi connectivity index (χ1n) is 3.52. The Morgan fingerprint density at radius 1 is 1.33 bits per heavy atom. The maximum Gasteiger partial charge on any atom is 0.0192 e. The van der Waals surface area contributed by atoms with Crippen LogP contribution in [0.5, 0.6) is 0 Å². The van der Waals surface area contributed by atoms with Crippen LogP contribution in [-0.4, -0.2) is 12.1 Å². The van der Waals surface area contributed by atoms with Crippen LogP contribution >= 0.6 is 0 Å². The van der Waals surface area contributed by atoms with Gasteiger partial charge >= 0.3 is 0 Å². The van der Waals surface area contributed by atoms with Crippen LogP contribution in [-0.2, 0) is 0 Å². The first-order chi connectivity index (χ1) is 4.22. The van der Waals surface area contributed by atoms with Crippen molar-refractivity contribution in [3.63, 3.8) is 0 Å². The molecule has 0 saturated heterocycles. The van der Waals surface area contributed by atoms with Gasteiger partial charge in [-0.2, -0.15) is 0 Å². The average Bonchev–Trinajstić information content (AvgIpc) is 1.87. The van der Waals surface area contributed by atoms with E-state index in [-0.39, 0.29) is 12.1 Å². The zero-order chi connectivity index (χ0) is 7.28. The van der Waals surface area contributed by atoms with Gasteiger partial charge in [-0.15, -0.1) is 0 Å². The summed E-state index contributed by atoms with van der Waals surface area (Å²) in [5, 5.41) is 0. The van der Waals surface area contributed by atoms with Crippen molar-refractivity contribution in [3.8, 4) is 0 Å². The number of rotatable bonds is 4. The number of hydrogen-bond donors (Lipinski definition) is 2. The van der Waals surface area contributed by atoms with Crippen LogP contribution in [0.3, 0.4) is 0 Å². The van der Waals surface area contributed by atoms with E-state index in [1.165, 1.54) is 0 Å². The van der Waals surface area contributed by atoms with Crippen LogP contribution in [0.15, 0.2) is 0 Å². The third-order valence-corrected chi connectivity index (χ3v) is 1.51. The lowest BCUT2D eigenvalue weighted by molar-refractivity contribution is 0.492. The van der Waals surface area contributed by atoms with Crippen molar-refractivity contribution in [2.45, 2.75) is 38.3 Å². The summed E-state index contributed by atoms with van der Waals surface area (Å²) >= 11 is 0. The fourth-order valence-corrected chi connectivity index (χ4v) is 0.761. The molecule has 0 aliphatic rings. The Hall–Kier alpha value is -0.0800. The third-order valence-electron chi connectivity index (χ3n) is 1.51. The van der Waals surface area contributed by atoms with Crippen molar-refractivity contribution in [1.29, 1.82) is 0 Å². The highest BCUT2D eigenvalue weighted by Gasteiger charge is 2.08. The summed E-state index contributed by atoms with van der Waals surface area (Å²) in [7, 11) is 0. The summed E-state index contributed by atoms with van der Waals surface area (Å²) in [5.74, 6) is 0. The van der Waals surface area contributed by atoms with Crippen LogP contribution < -0.4 is 11.5 Å². The second-order valence-electron chi connectivity index (χ2n) is 2.41. The molecule has 9 heavy (non-hydrogen) atoms. The summed E-state index contributed by atoms with van der Waals surface area (Å²) in [4.78, 5) is 0. The van der Waals surface area contributed by atoms with E-state index in [0.717, 1.165) is 19.3 Å². The molecule has 1 radical (unpaired) electrons. The molecule has 2 heteroatoms. The Balaban J connectivity index is 3.32. The van der Waals surface area contributed by atoms with Gasteiger partial charge in [0.25, 0.3) is 0 Å². The van der Waals surface area contributed by atoms with Gasteiger partial charge in [-0.3, -0.25) is 0 Å². The minimum atomic E-state index is 0.0879. The van der Waals surface area contributed by atoms with Gasteiger partial charge in [-0.1, -0.05) is 20.3 Å². The zero-order valence-corrected chi connectivity index (χ0v) is 6.14. The predicted molar refractivity (Wildman–Crippen MR) is 40.8 cm³/mol. The lowest BCUT2D eigenvalue weighted by atomic mass is 10.0. The number of nitrogens with two attached hydrogens (primary N) is 2. The molecular formula is C7H17N2.